The van der Waals surface area contributed by atoms with Crippen LogP contribution in [0.5, 0.6) is 11.5 Å². The van der Waals surface area contributed by atoms with Crippen molar-refractivity contribution in [2.24, 2.45) is 0 Å². The molecule has 4 heteroatoms. The third-order valence-corrected chi connectivity index (χ3v) is 2.88. The molecule has 0 spiro atoms. The van der Waals surface area contributed by atoms with Crippen LogP contribution in [0, 0.1) is 23.7 Å². The van der Waals surface area contributed by atoms with Crippen LogP contribution in [0.4, 0.5) is 11.4 Å². The lowest BCUT2D eigenvalue weighted by atomic mass is 10.1. The molecule has 0 aromatic heterocycles. The maximum absolute atomic E-state index is 5.82. The Morgan fingerprint density at radius 1 is 0.909 bits per heavy atom. The number of hydrogen-bond donors (Lipinski definition) is 2. The topological polar surface area (TPSA) is 70.5 Å². The number of nitrogen functional groups attached to an aromatic ring is 2. The van der Waals surface area contributed by atoms with Gasteiger partial charge in [-0.1, -0.05) is 12.0 Å². The summed E-state index contributed by atoms with van der Waals surface area (Å²) in [5.41, 5.74) is 14.2. The van der Waals surface area contributed by atoms with Gasteiger partial charge in [0.05, 0.1) is 25.5 Å². The highest BCUT2D eigenvalue weighted by molar-refractivity contribution is 5.62. The van der Waals surface area contributed by atoms with Crippen LogP contribution in [0.2, 0.25) is 0 Å². The van der Waals surface area contributed by atoms with Crippen molar-refractivity contribution in [1.29, 1.82) is 0 Å². The molecule has 0 fully saturated rings. The van der Waals surface area contributed by atoms with E-state index in [0.717, 1.165) is 5.56 Å². The second-order valence-electron chi connectivity index (χ2n) is 4.42. The van der Waals surface area contributed by atoms with Gasteiger partial charge in [-0.3, -0.25) is 0 Å². The predicted molar refractivity (Wildman–Crippen MR) is 88.6 cm³/mol. The molecule has 0 radical (unpaired) electrons. The van der Waals surface area contributed by atoms with Crippen molar-refractivity contribution in [2.75, 3.05) is 25.7 Å². The van der Waals surface area contributed by atoms with E-state index >= 15 is 0 Å². The summed E-state index contributed by atoms with van der Waals surface area (Å²) in [6.45, 7) is 0. The SMILES string of the molecule is COc1cc(N)cc(C#CC#Cc2cccc(N)c2OC)c1. The molecule has 0 heterocycles. The summed E-state index contributed by atoms with van der Waals surface area (Å²) in [4.78, 5) is 0. The molecule has 0 saturated carbocycles. The third kappa shape index (κ3) is 3.65. The molecular formula is C18H16N2O2. The maximum Gasteiger partial charge on any atom is 0.157 e. The summed E-state index contributed by atoms with van der Waals surface area (Å²) in [6.07, 6.45) is 0. The van der Waals surface area contributed by atoms with Gasteiger partial charge in [0.25, 0.3) is 0 Å². The minimum Gasteiger partial charge on any atom is -0.497 e. The van der Waals surface area contributed by atoms with Gasteiger partial charge in [-0.15, -0.1) is 0 Å². The Bertz CT molecular complexity index is 805. The molecule has 0 amide bonds. The molecule has 2 aromatic carbocycles. The van der Waals surface area contributed by atoms with Crippen molar-refractivity contribution >= 4 is 11.4 Å². The molecule has 4 nitrogen and oxygen atoms in total. The van der Waals surface area contributed by atoms with Gasteiger partial charge in [0, 0.05) is 17.3 Å². The van der Waals surface area contributed by atoms with Crippen molar-refractivity contribution in [3.8, 4) is 35.2 Å². The number of nitrogens with two attached hydrogens (primary N) is 2. The van der Waals surface area contributed by atoms with Crippen molar-refractivity contribution in [1.82, 2.24) is 0 Å². The number of methoxy groups -OCH3 is 2. The van der Waals surface area contributed by atoms with Crippen LogP contribution in [0.3, 0.4) is 0 Å². The van der Waals surface area contributed by atoms with Crippen molar-refractivity contribution in [3.05, 3.63) is 47.5 Å². The summed E-state index contributed by atoms with van der Waals surface area (Å²) in [6, 6.07) is 10.7. The van der Waals surface area contributed by atoms with Gasteiger partial charge >= 0.3 is 0 Å². The monoisotopic (exact) mass is 292 g/mol. The van der Waals surface area contributed by atoms with E-state index < -0.39 is 0 Å². The van der Waals surface area contributed by atoms with Crippen LogP contribution in [0.1, 0.15) is 11.1 Å². The molecule has 0 saturated heterocycles. The first kappa shape index (κ1) is 15.2. The van der Waals surface area contributed by atoms with E-state index in [1.165, 1.54) is 0 Å². The standard InChI is InChI=1S/C18H16N2O2/c1-21-16-11-13(10-15(19)12-16)6-3-4-7-14-8-5-9-17(20)18(14)22-2/h5,8-12H,19-20H2,1-2H3. The zero-order valence-corrected chi connectivity index (χ0v) is 12.4. The van der Waals surface area contributed by atoms with Crippen LogP contribution < -0.4 is 20.9 Å². The number of para-hydroxylation sites is 1. The Labute approximate surface area is 130 Å². The minimum atomic E-state index is 0.544. The van der Waals surface area contributed by atoms with E-state index in [1.807, 2.05) is 12.1 Å². The Morgan fingerprint density at radius 2 is 1.68 bits per heavy atom. The first-order valence-corrected chi connectivity index (χ1v) is 6.53. The fraction of sp³-hybridized carbons (Fsp3) is 0.111. The molecule has 0 aliphatic rings. The second kappa shape index (κ2) is 6.97. The van der Waals surface area contributed by atoms with Crippen LogP contribution in [0.25, 0.3) is 0 Å². The van der Waals surface area contributed by atoms with Gasteiger partial charge < -0.3 is 20.9 Å². The Kier molecular flexibility index (Phi) is 4.80. The zero-order chi connectivity index (χ0) is 15.9. The summed E-state index contributed by atoms with van der Waals surface area (Å²) >= 11 is 0. The number of anilines is 2. The molecule has 0 aliphatic carbocycles. The van der Waals surface area contributed by atoms with Gasteiger partial charge in [0.1, 0.15) is 5.75 Å². The molecule has 22 heavy (non-hydrogen) atoms. The van der Waals surface area contributed by atoms with E-state index in [-0.39, 0.29) is 0 Å². The van der Waals surface area contributed by atoms with Gasteiger partial charge in [-0.25, -0.2) is 0 Å². The van der Waals surface area contributed by atoms with Crippen molar-refractivity contribution in [2.45, 2.75) is 0 Å². The smallest absolute Gasteiger partial charge is 0.157 e. The van der Waals surface area contributed by atoms with E-state index in [4.69, 9.17) is 20.9 Å². The van der Waals surface area contributed by atoms with E-state index in [1.54, 1.807) is 38.5 Å². The number of rotatable bonds is 2. The van der Waals surface area contributed by atoms with Crippen LogP contribution in [0.15, 0.2) is 36.4 Å². The normalized spacial score (nSPS) is 9.00. The quantitative estimate of drug-likeness (QED) is 0.658. The molecule has 4 N–H and O–H groups in total. The number of hydrogen-bond acceptors (Lipinski definition) is 4. The largest absolute Gasteiger partial charge is 0.497 e. The van der Waals surface area contributed by atoms with E-state index in [9.17, 15) is 0 Å². The van der Waals surface area contributed by atoms with Gasteiger partial charge in [-0.2, -0.15) is 0 Å². The molecule has 110 valence electrons. The second-order valence-corrected chi connectivity index (χ2v) is 4.42. The third-order valence-electron chi connectivity index (χ3n) is 2.88. The lowest BCUT2D eigenvalue weighted by Gasteiger charge is -2.05. The highest BCUT2D eigenvalue weighted by atomic mass is 16.5. The molecular weight excluding hydrogens is 276 g/mol. The molecule has 0 bridgehead atoms. The predicted octanol–water partition coefficient (Wildman–Crippen LogP) is 2.27. The summed E-state index contributed by atoms with van der Waals surface area (Å²) in [7, 11) is 3.14. The van der Waals surface area contributed by atoms with Crippen LogP contribution in [-0.2, 0) is 0 Å². The van der Waals surface area contributed by atoms with Crippen LogP contribution in [-0.4, -0.2) is 14.2 Å². The van der Waals surface area contributed by atoms with Crippen LogP contribution >= 0.6 is 0 Å². The molecule has 2 rings (SSSR count). The Morgan fingerprint density at radius 3 is 2.41 bits per heavy atom. The summed E-state index contributed by atoms with van der Waals surface area (Å²) in [5.74, 6) is 12.6. The summed E-state index contributed by atoms with van der Waals surface area (Å²) < 4.78 is 10.4. The van der Waals surface area contributed by atoms with Crippen molar-refractivity contribution < 1.29 is 9.47 Å². The maximum atomic E-state index is 5.82. The Balaban J connectivity index is 2.26. The summed E-state index contributed by atoms with van der Waals surface area (Å²) in [5, 5.41) is 0. The average molecular weight is 292 g/mol. The number of ether oxygens (including phenoxy) is 2. The fourth-order valence-electron chi connectivity index (χ4n) is 1.90. The first-order chi connectivity index (χ1) is 10.6. The Hall–Kier alpha value is -3.24. The highest BCUT2D eigenvalue weighted by Crippen LogP contribution is 2.24. The molecule has 2 aromatic rings. The average Bonchev–Trinajstić information content (AvgIpc) is 2.51. The zero-order valence-electron chi connectivity index (χ0n) is 12.4. The lowest BCUT2D eigenvalue weighted by molar-refractivity contribution is 0.415. The van der Waals surface area contributed by atoms with E-state index in [2.05, 4.69) is 23.7 Å². The molecule has 0 aliphatic heterocycles. The van der Waals surface area contributed by atoms with Gasteiger partial charge in [-0.05, 0) is 42.0 Å². The van der Waals surface area contributed by atoms with Crippen molar-refractivity contribution in [3.63, 3.8) is 0 Å². The first-order valence-electron chi connectivity index (χ1n) is 6.53. The fourth-order valence-corrected chi connectivity index (χ4v) is 1.90. The minimum absolute atomic E-state index is 0.544. The van der Waals surface area contributed by atoms with Gasteiger partial charge in [0.2, 0.25) is 0 Å². The number of benzene rings is 2. The molecule has 0 atom stereocenters. The lowest BCUT2D eigenvalue weighted by Crippen LogP contribution is -1.94. The highest BCUT2D eigenvalue weighted by Gasteiger charge is 2.02. The van der Waals surface area contributed by atoms with Gasteiger partial charge in [0.15, 0.2) is 5.75 Å². The molecule has 0 unspecified atom stereocenters. The van der Waals surface area contributed by atoms with E-state index in [0.29, 0.717) is 28.4 Å².